The Balaban J connectivity index is 2.03. The number of urea groups is 1. The highest BCUT2D eigenvalue weighted by atomic mass is 16.2. The minimum atomic E-state index is -0.286. The summed E-state index contributed by atoms with van der Waals surface area (Å²) >= 11 is 0. The molecule has 3 N–H and O–H groups in total. The van der Waals surface area contributed by atoms with Gasteiger partial charge in [-0.05, 0) is 51.1 Å². The molecule has 0 aliphatic carbocycles. The first-order chi connectivity index (χ1) is 10.9. The lowest BCUT2D eigenvalue weighted by atomic mass is 10.2. The fourth-order valence-electron chi connectivity index (χ4n) is 1.91. The number of aromatic nitrogens is 1. The van der Waals surface area contributed by atoms with Gasteiger partial charge in [0.25, 0.3) is 5.91 Å². The van der Waals surface area contributed by atoms with E-state index in [1.165, 1.54) is 6.20 Å². The number of benzene rings is 1. The number of carbonyl (C=O) groups is 2. The molecule has 3 amide bonds. The zero-order valence-electron chi connectivity index (χ0n) is 13.4. The molecule has 0 radical (unpaired) electrons. The van der Waals surface area contributed by atoms with Gasteiger partial charge in [-0.3, -0.25) is 9.78 Å². The molecule has 1 aromatic carbocycles. The summed E-state index contributed by atoms with van der Waals surface area (Å²) in [6.07, 6.45) is 1.53. The van der Waals surface area contributed by atoms with Crippen molar-refractivity contribution in [3.05, 3.63) is 53.9 Å². The van der Waals surface area contributed by atoms with E-state index >= 15 is 0 Å². The van der Waals surface area contributed by atoms with Gasteiger partial charge in [-0.15, -0.1) is 0 Å². The summed E-state index contributed by atoms with van der Waals surface area (Å²) < 4.78 is 0. The van der Waals surface area contributed by atoms with Gasteiger partial charge < -0.3 is 16.0 Å². The number of hydrogen-bond donors (Lipinski definition) is 3. The van der Waals surface area contributed by atoms with E-state index in [-0.39, 0.29) is 18.0 Å². The van der Waals surface area contributed by atoms with Crippen molar-refractivity contribution in [2.45, 2.75) is 26.8 Å². The number of nitrogens with zero attached hydrogens (tertiary/aromatic N) is 1. The number of pyridine rings is 1. The minimum Gasteiger partial charge on any atom is -0.336 e. The highest BCUT2D eigenvalue weighted by molar-refractivity contribution is 6.04. The lowest BCUT2D eigenvalue weighted by Crippen LogP contribution is -2.34. The molecule has 0 aliphatic heterocycles. The number of anilines is 2. The monoisotopic (exact) mass is 312 g/mol. The molecule has 0 bridgehead atoms. The second-order valence-electron chi connectivity index (χ2n) is 5.48. The maximum absolute atomic E-state index is 12.2. The van der Waals surface area contributed by atoms with E-state index in [1.54, 1.807) is 36.4 Å². The van der Waals surface area contributed by atoms with Crippen molar-refractivity contribution in [2.24, 2.45) is 0 Å². The minimum absolute atomic E-state index is 0.0481. The van der Waals surface area contributed by atoms with Gasteiger partial charge in [-0.1, -0.05) is 6.07 Å². The second kappa shape index (κ2) is 7.40. The molecule has 6 nitrogen and oxygen atoms in total. The molecular weight excluding hydrogens is 292 g/mol. The van der Waals surface area contributed by atoms with Gasteiger partial charge in [-0.2, -0.15) is 0 Å². The van der Waals surface area contributed by atoms with E-state index in [0.717, 1.165) is 5.69 Å². The van der Waals surface area contributed by atoms with Crippen LogP contribution in [0.25, 0.3) is 0 Å². The predicted molar refractivity (Wildman–Crippen MR) is 90.7 cm³/mol. The summed E-state index contributed by atoms with van der Waals surface area (Å²) in [5.74, 6) is -0.249. The number of amides is 3. The Morgan fingerprint density at radius 2 is 1.74 bits per heavy atom. The summed E-state index contributed by atoms with van der Waals surface area (Å²) in [6.45, 7) is 5.62. The summed E-state index contributed by atoms with van der Waals surface area (Å²) in [7, 11) is 0. The third kappa shape index (κ3) is 5.10. The van der Waals surface area contributed by atoms with E-state index in [0.29, 0.717) is 16.9 Å². The van der Waals surface area contributed by atoms with Crippen LogP contribution in [-0.2, 0) is 0 Å². The van der Waals surface area contributed by atoms with Crippen molar-refractivity contribution in [1.82, 2.24) is 10.3 Å². The van der Waals surface area contributed by atoms with Crippen molar-refractivity contribution >= 4 is 23.3 Å². The van der Waals surface area contributed by atoms with Crippen molar-refractivity contribution in [3.8, 4) is 0 Å². The van der Waals surface area contributed by atoms with Crippen molar-refractivity contribution in [2.75, 3.05) is 10.6 Å². The first kappa shape index (κ1) is 16.5. The van der Waals surface area contributed by atoms with Crippen molar-refractivity contribution in [1.29, 1.82) is 0 Å². The van der Waals surface area contributed by atoms with Crippen molar-refractivity contribution in [3.63, 3.8) is 0 Å². The average molecular weight is 312 g/mol. The highest BCUT2D eigenvalue weighted by Gasteiger charge is 2.08. The van der Waals surface area contributed by atoms with Crippen LogP contribution in [0.3, 0.4) is 0 Å². The fraction of sp³-hybridized carbons (Fsp3) is 0.235. The standard InChI is InChI=1S/C17H20N4O2/c1-11(2)19-17(23)21-15-6-4-5-14(9-15)20-16(22)13-8-7-12(3)18-10-13/h4-11H,1-3H3,(H,20,22)(H2,19,21,23). The van der Waals surface area contributed by atoms with Crippen LogP contribution in [0.15, 0.2) is 42.6 Å². The Hall–Kier alpha value is -2.89. The van der Waals surface area contributed by atoms with Crippen LogP contribution in [0, 0.1) is 6.92 Å². The zero-order chi connectivity index (χ0) is 16.8. The average Bonchev–Trinajstić information content (AvgIpc) is 2.47. The number of nitrogens with one attached hydrogen (secondary N) is 3. The molecule has 0 unspecified atom stereocenters. The third-order valence-electron chi connectivity index (χ3n) is 2.97. The van der Waals surface area contributed by atoms with Gasteiger partial charge in [0.1, 0.15) is 0 Å². The molecule has 1 aromatic heterocycles. The summed E-state index contributed by atoms with van der Waals surface area (Å²) in [4.78, 5) is 27.9. The maximum Gasteiger partial charge on any atom is 0.319 e. The second-order valence-corrected chi connectivity index (χ2v) is 5.48. The van der Waals surface area contributed by atoms with E-state index in [2.05, 4.69) is 20.9 Å². The molecule has 0 spiro atoms. The van der Waals surface area contributed by atoms with Gasteiger partial charge in [0.2, 0.25) is 0 Å². The van der Waals surface area contributed by atoms with Crippen LogP contribution < -0.4 is 16.0 Å². The largest absolute Gasteiger partial charge is 0.336 e. The van der Waals surface area contributed by atoms with Crippen LogP contribution in [-0.4, -0.2) is 23.0 Å². The lowest BCUT2D eigenvalue weighted by molar-refractivity contribution is 0.102. The predicted octanol–water partition coefficient (Wildman–Crippen LogP) is 3.17. The SMILES string of the molecule is Cc1ccc(C(=O)Nc2cccc(NC(=O)NC(C)C)c2)cn1. The molecule has 1 heterocycles. The molecule has 0 saturated heterocycles. The molecule has 0 aliphatic rings. The number of carbonyl (C=O) groups excluding carboxylic acids is 2. The molecule has 0 atom stereocenters. The normalized spacial score (nSPS) is 10.3. The molecule has 0 fully saturated rings. The smallest absolute Gasteiger partial charge is 0.319 e. The van der Waals surface area contributed by atoms with Crippen LogP contribution in [0.4, 0.5) is 16.2 Å². The number of rotatable bonds is 4. The van der Waals surface area contributed by atoms with Crippen LogP contribution in [0.5, 0.6) is 0 Å². The number of hydrogen-bond acceptors (Lipinski definition) is 3. The zero-order valence-corrected chi connectivity index (χ0v) is 13.4. The van der Waals surface area contributed by atoms with E-state index in [9.17, 15) is 9.59 Å². The van der Waals surface area contributed by atoms with E-state index < -0.39 is 0 Å². The Kier molecular flexibility index (Phi) is 5.30. The van der Waals surface area contributed by atoms with Gasteiger partial charge in [0.15, 0.2) is 0 Å². The fourth-order valence-corrected chi connectivity index (χ4v) is 1.91. The Labute approximate surface area is 135 Å². The number of aryl methyl sites for hydroxylation is 1. The molecule has 120 valence electrons. The molecular formula is C17H20N4O2. The molecule has 6 heteroatoms. The Morgan fingerprint density at radius 3 is 2.35 bits per heavy atom. The third-order valence-corrected chi connectivity index (χ3v) is 2.97. The van der Waals surface area contributed by atoms with Gasteiger partial charge in [0.05, 0.1) is 5.56 Å². The van der Waals surface area contributed by atoms with E-state index in [1.807, 2.05) is 20.8 Å². The summed E-state index contributed by atoms with van der Waals surface area (Å²) in [6, 6.07) is 10.2. The van der Waals surface area contributed by atoms with Crippen LogP contribution in [0.1, 0.15) is 29.9 Å². The molecule has 23 heavy (non-hydrogen) atoms. The summed E-state index contributed by atoms with van der Waals surface area (Å²) in [5.41, 5.74) is 2.52. The quantitative estimate of drug-likeness (QED) is 0.811. The molecule has 2 aromatic rings. The Morgan fingerprint density at radius 1 is 1.04 bits per heavy atom. The van der Waals surface area contributed by atoms with Gasteiger partial charge >= 0.3 is 6.03 Å². The van der Waals surface area contributed by atoms with Gasteiger partial charge in [0, 0.05) is 29.3 Å². The Bertz CT molecular complexity index is 696. The topological polar surface area (TPSA) is 83.1 Å². The lowest BCUT2D eigenvalue weighted by Gasteiger charge is -2.11. The summed E-state index contributed by atoms with van der Waals surface area (Å²) in [5, 5.41) is 8.24. The maximum atomic E-state index is 12.2. The molecule has 2 rings (SSSR count). The van der Waals surface area contributed by atoms with E-state index in [4.69, 9.17) is 0 Å². The molecule has 0 saturated carbocycles. The van der Waals surface area contributed by atoms with Gasteiger partial charge in [-0.25, -0.2) is 4.79 Å². The van der Waals surface area contributed by atoms with Crippen LogP contribution in [0.2, 0.25) is 0 Å². The first-order valence-electron chi connectivity index (χ1n) is 7.35. The van der Waals surface area contributed by atoms with Crippen LogP contribution >= 0.6 is 0 Å². The highest BCUT2D eigenvalue weighted by Crippen LogP contribution is 2.16. The first-order valence-corrected chi connectivity index (χ1v) is 7.35. The van der Waals surface area contributed by atoms with Crippen molar-refractivity contribution < 1.29 is 9.59 Å².